The normalized spacial score (nSPS) is 16.1. The number of benzene rings is 2. The number of anilines is 1. The summed E-state index contributed by atoms with van der Waals surface area (Å²) in [7, 11) is 0. The number of rotatable bonds is 1. The van der Waals surface area contributed by atoms with Crippen LogP contribution in [-0.4, -0.2) is 21.7 Å². The summed E-state index contributed by atoms with van der Waals surface area (Å²) < 4.78 is 12.2. The molecule has 4 aromatic rings. The molecule has 0 radical (unpaired) electrons. The topological polar surface area (TPSA) is 88.4 Å². The van der Waals surface area contributed by atoms with Crippen molar-refractivity contribution < 1.29 is 13.9 Å². The minimum absolute atomic E-state index is 0.163. The van der Waals surface area contributed by atoms with Gasteiger partial charge in [-0.3, -0.25) is 9.69 Å². The lowest BCUT2D eigenvalue weighted by molar-refractivity contribution is 0.0568. The Morgan fingerprint density at radius 3 is 2.81 bits per heavy atom. The predicted molar refractivity (Wildman–Crippen MR) is 121 cm³/mol. The van der Waals surface area contributed by atoms with E-state index in [-0.39, 0.29) is 11.1 Å². The molecule has 158 valence electrons. The molecule has 0 unspecified atom stereocenters. The molecule has 0 fully saturated rings. The van der Waals surface area contributed by atoms with E-state index in [0.29, 0.717) is 23.3 Å². The van der Waals surface area contributed by atoms with Crippen LogP contribution in [0.25, 0.3) is 22.1 Å². The average Bonchev–Trinajstić information content (AvgIpc) is 3.25. The van der Waals surface area contributed by atoms with E-state index in [1.54, 1.807) is 11.0 Å². The van der Waals surface area contributed by atoms with Gasteiger partial charge in [0.25, 0.3) is 5.56 Å². The van der Waals surface area contributed by atoms with Gasteiger partial charge in [-0.05, 0) is 50.6 Å². The molecule has 3 heterocycles. The van der Waals surface area contributed by atoms with Crippen LogP contribution in [0.15, 0.2) is 56.1 Å². The molecule has 31 heavy (non-hydrogen) atoms. The quantitative estimate of drug-likeness (QED) is 0.389. The van der Waals surface area contributed by atoms with Crippen molar-refractivity contribution in [1.82, 2.24) is 9.97 Å². The van der Waals surface area contributed by atoms with Crippen molar-refractivity contribution in [2.24, 2.45) is 0 Å². The van der Waals surface area contributed by atoms with Gasteiger partial charge < -0.3 is 14.1 Å². The molecule has 1 aliphatic rings. The lowest BCUT2D eigenvalue weighted by Gasteiger charge is -2.28. The molecule has 0 saturated carbocycles. The molecular weight excluding hydrogens is 462 g/mol. The lowest BCUT2D eigenvalue weighted by atomic mass is 10.1. The van der Waals surface area contributed by atoms with Crippen LogP contribution in [0.5, 0.6) is 0 Å². The first-order valence-corrected chi connectivity index (χ1v) is 10.7. The second-order valence-corrected chi connectivity index (χ2v) is 9.49. The van der Waals surface area contributed by atoms with Crippen molar-refractivity contribution >= 4 is 49.8 Å². The number of furan rings is 1. The number of nitrogens with zero attached hydrogens (tertiary/aromatic N) is 2. The van der Waals surface area contributed by atoms with Gasteiger partial charge in [-0.15, -0.1) is 0 Å². The zero-order valence-corrected chi connectivity index (χ0v) is 18.8. The van der Waals surface area contributed by atoms with E-state index in [9.17, 15) is 9.59 Å². The third-order valence-electron chi connectivity index (χ3n) is 5.19. The van der Waals surface area contributed by atoms with Gasteiger partial charge in [-0.25, -0.2) is 9.78 Å². The van der Waals surface area contributed by atoms with Crippen LogP contribution in [0.3, 0.4) is 0 Å². The Balaban J connectivity index is 1.67. The number of H-pyrrole nitrogens is 1. The molecule has 0 aliphatic carbocycles. The van der Waals surface area contributed by atoms with Gasteiger partial charge in [0.2, 0.25) is 5.58 Å². The maximum Gasteiger partial charge on any atom is 0.415 e. The number of fused-ring (bicyclic) bond motifs is 4. The van der Waals surface area contributed by atoms with Crippen molar-refractivity contribution in [2.75, 3.05) is 4.90 Å². The monoisotopic (exact) mass is 481 g/mol. The highest BCUT2D eigenvalue weighted by atomic mass is 79.9. The molecule has 2 aromatic heterocycles. The summed E-state index contributed by atoms with van der Waals surface area (Å²) in [6, 6.07) is 12.6. The fraction of sp³-hybridized carbons (Fsp3) is 0.261. The molecule has 2 aromatic carbocycles. The number of carbonyl (C=O) groups is 1. The van der Waals surface area contributed by atoms with Gasteiger partial charge in [0.15, 0.2) is 0 Å². The Hall–Kier alpha value is -3.13. The second kappa shape index (κ2) is 6.95. The third kappa shape index (κ3) is 3.40. The van der Waals surface area contributed by atoms with Crippen molar-refractivity contribution in [1.29, 1.82) is 0 Å². The van der Waals surface area contributed by atoms with Gasteiger partial charge >= 0.3 is 6.09 Å². The maximum absolute atomic E-state index is 13.1. The Morgan fingerprint density at radius 2 is 2.03 bits per heavy atom. The standard InChI is InChI=1S/C23H20BrN3O4/c1-23(2,3)31-22(29)27-15-7-5-4-6-12(15)10-16(27)20-25-18-14-11-13(24)8-9-17(14)30-19(18)21(28)26-20/h4-9,11,16H,10H2,1-3H3,(H,25,26,28)/t16-/m0/s1. The minimum atomic E-state index is -0.656. The number of aromatic amines is 1. The summed E-state index contributed by atoms with van der Waals surface area (Å²) in [4.78, 5) is 35.1. The molecule has 0 bridgehead atoms. The lowest BCUT2D eigenvalue weighted by Crippen LogP contribution is -2.38. The van der Waals surface area contributed by atoms with E-state index in [1.165, 1.54) is 0 Å². The average molecular weight is 482 g/mol. The molecule has 0 saturated heterocycles. The number of ether oxygens (including phenoxy) is 1. The molecule has 8 heteroatoms. The van der Waals surface area contributed by atoms with E-state index >= 15 is 0 Å². The van der Waals surface area contributed by atoms with Crippen LogP contribution in [0.2, 0.25) is 0 Å². The Labute approximate surface area is 186 Å². The molecular formula is C23H20BrN3O4. The second-order valence-electron chi connectivity index (χ2n) is 8.57. The zero-order chi connectivity index (χ0) is 21.9. The molecule has 7 nitrogen and oxygen atoms in total. The van der Waals surface area contributed by atoms with Crippen molar-refractivity contribution in [3.8, 4) is 0 Å². The SMILES string of the molecule is CC(C)(C)OC(=O)N1c2ccccc2C[C@H]1c1nc2c(oc3ccc(Br)cc32)c(=O)[nH]1. The van der Waals surface area contributed by atoms with Crippen LogP contribution in [0, 0.1) is 0 Å². The van der Waals surface area contributed by atoms with Crippen molar-refractivity contribution in [3.05, 3.63) is 68.7 Å². The smallest absolute Gasteiger partial charge is 0.415 e. The summed E-state index contributed by atoms with van der Waals surface area (Å²) in [5.74, 6) is 0.391. The maximum atomic E-state index is 13.1. The molecule has 1 N–H and O–H groups in total. The highest BCUT2D eigenvalue weighted by Crippen LogP contribution is 2.40. The fourth-order valence-electron chi connectivity index (χ4n) is 3.94. The van der Waals surface area contributed by atoms with Gasteiger partial charge in [-0.2, -0.15) is 0 Å². The number of carbonyl (C=O) groups excluding carboxylic acids is 1. The van der Waals surface area contributed by atoms with E-state index < -0.39 is 17.7 Å². The van der Waals surface area contributed by atoms with Gasteiger partial charge in [0.05, 0.1) is 5.69 Å². The van der Waals surface area contributed by atoms with Gasteiger partial charge in [0, 0.05) is 16.3 Å². The molecule has 0 spiro atoms. The van der Waals surface area contributed by atoms with Crippen LogP contribution in [0.4, 0.5) is 10.5 Å². The summed E-state index contributed by atoms with van der Waals surface area (Å²) in [5, 5.41) is 0.732. The summed E-state index contributed by atoms with van der Waals surface area (Å²) in [5.41, 5.74) is 1.91. The first kappa shape index (κ1) is 19.8. The number of hydrogen-bond donors (Lipinski definition) is 1. The van der Waals surface area contributed by atoms with Crippen LogP contribution < -0.4 is 10.5 Å². The summed E-state index contributed by atoms with van der Waals surface area (Å²) >= 11 is 3.46. The van der Waals surface area contributed by atoms with Gasteiger partial charge in [-0.1, -0.05) is 34.1 Å². The van der Waals surface area contributed by atoms with E-state index in [1.807, 2.05) is 57.2 Å². The highest BCUT2D eigenvalue weighted by molar-refractivity contribution is 9.10. The number of para-hydroxylation sites is 1. The van der Waals surface area contributed by atoms with E-state index in [2.05, 4.69) is 20.9 Å². The Bertz CT molecular complexity index is 1400. The highest BCUT2D eigenvalue weighted by Gasteiger charge is 2.39. The first-order chi connectivity index (χ1) is 14.7. The first-order valence-electron chi connectivity index (χ1n) is 9.93. The predicted octanol–water partition coefficient (Wildman–Crippen LogP) is 5.47. The minimum Gasteiger partial charge on any atom is -0.449 e. The summed E-state index contributed by atoms with van der Waals surface area (Å²) in [6.07, 6.45) is 0.0357. The number of amides is 1. The largest absolute Gasteiger partial charge is 0.449 e. The van der Waals surface area contributed by atoms with Gasteiger partial charge in [0.1, 0.15) is 28.6 Å². The molecule has 1 aliphatic heterocycles. The van der Waals surface area contributed by atoms with Crippen LogP contribution in [0.1, 0.15) is 38.2 Å². The number of aromatic nitrogens is 2. The molecule has 1 atom stereocenters. The zero-order valence-electron chi connectivity index (χ0n) is 17.2. The molecule has 5 rings (SSSR count). The fourth-order valence-corrected chi connectivity index (χ4v) is 4.30. The third-order valence-corrected chi connectivity index (χ3v) is 5.68. The Morgan fingerprint density at radius 1 is 1.26 bits per heavy atom. The number of nitrogens with one attached hydrogen (secondary N) is 1. The van der Waals surface area contributed by atoms with Crippen molar-refractivity contribution in [2.45, 2.75) is 38.8 Å². The summed E-state index contributed by atoms with van der Waals surface area (Å²) in [6.45, 7) is 5.47. The van der Waals surface area contributed by atoms with E-state index in [4.69, 9.17) is 14.1 Å². The van der Waals surface area contributed by atoms with E-state index in [0.717, 1.165) is 21.1 Å². The number of halogens is 1. The van der Waals surface area contributed by atoms with Crippen LogP contribution in [-0.2, 0) is 11.2 Å². The Kier molecular flexibility index (Phi) is 4.44. The van der Waals surface area contributed by atoms with Crippen LogP contribution >= 0.6 is 15.9 Å². The van der Waals surface area contributed by atoms with Crippen molar-refractivity contribution in [3.63, 3.8) is 0 Å². The molecule has 1 amide bonds. The number of hydrogen-bond acceptors (Lipinski definition) is 5.